The number of hydrogen-bond donors (Lipinski definition) is 0. The Morgan fingerprint density at radius 3 is 2.50 bits per heavy atom. The Hall–Kier alpha value is -0.430. The van der Waals surface area contributed by atoms with Gasteiger partial charge < -0.3 is 0 Å². The molecule has 0 saturated heterocycles. The van der Waals surface area contributed by atoms with E-state index in [4.69, 9.17) is 0 Å². The number of fused-ring (bicyclic) bond motifs is 1. The summed E-state index contributed by atoms with van der Waals surface area (Å²) < 4.78 is 0. The van der Waals surface area contributed by atoms with Crippen LogP contribution in [0.15, 0.2) is 29.2 Å². The summed E-state index contributed by atoms with van der Waals surface area (Å²) in [6.45, 7) is 9.48. The second-order valence-electron chi connectivity index (χ2n) is 5.42. The number of hydrogen-bond acceptors (Lipinski definition) is 1. The van der Waals surface area contributed by atoms with E-state index in [1.807, 2.05) is 0 Å². The first-order valence-corrected chi connectivity index (χ1v) is 7.23. The van der Waals surface area contributed by atoms with Gasteiger partial charge in [0.1, 0.15) is 0 Å². The smallest absolute Gasteiger partial charge is 0.0166 e. The summed E-state index contributed by atoms with van der Waals surface area (Å²) in [6.07, 6.45) is 2.52. The number of benzene rings is 1. The average molecular weight is 234 g/mol. The molecule has 0 nitrogen and oxygen atoms in total. The predicted octanol–water partition coefficient (Wildman–Crippen LogP) is 5.09. The number of rotatable bonds is 3. The Morgan fingerprint density at radius 1 is 1.19 bits per heavy atom. The normalized spacial score (nSPS) is 24.5. The van der Waals surface area contributed by atoms with Crippen molar-refractivity contribution in [3.63, 3.8) is 0 Å². The molecule has 2 rings (SSSR count). The van der Waals surface area contributed by atoms with Crippen LogP contribution in [0.3, 0.4) is 0 Å². The first-order valence-electron chi connectivity index (χ1n) is 6.35. The van der Waals surface area contributed by atoms with E-state index in [1.165, 1.54) is 17.7 Å². The Morgan fingerprint density at radius 2 is 1.88 bits per heavy atom. The van der Waals surface area contributed by atoms with Gasteiger partial charge >= 0.3 is 0 Å². The Bertz CT molecular complexity index is 367. The van der Waals surface area contributed by atoms with E-state index in [0.717, 1.165) is 11.2 Å². The van der Waals surface area contributed by atoms with Gasteiger partial charge in [-0.3, -0.25) is 0 Å². The molecule has 0 aliphatic carbocycles. The zero-order chi connectivity index (χ0) is 11.8. The zero-order valence-corrected chi connectivity index (χ0v) is 11.6. The van der Waals surface area contributed by atoms with Crippen molar-refractivity contribution in [1.82, 2.24) is 0 Å². The molecule has 0 spiro atoms. The van der Waals surface area contributed by atoms with Gasteiger partial charge in [-0.1, -0.05) is 52.3 Å². The van der Waals surface area contributed by atoms with E-state index in [-0.39, 0.29) is 0 Å². The molecule has 0 bridgehead atoms. The summed E-state index contributed by atoms with van der Waals surface area (Å²) in [7, 11) is 0. The third-order valence-corrected chi connectivity index (χ3v) is 5.59. The molecule has 0 N–H and O–H groups in total. The summed E-state index contributed by atoms with van der Waals surface area (Å²) in [5.41, 5.74) is 2.01. The van der Waals surface area contributed by atoms with Crippen molar-refractivity contribution >= 4 is 11.8 Å². The molecule has 1 aliphatic rings. The van der Waals surface area contributed by atoms with E-state index >= 15 is 0 Å². The zero-order valence-electron chi connectivity index (χ0n) is 10.8. The van der Waals surface area contributed by atoms with Crippen molar-refractivity contribution in [2.24, 2.45) is 5.41 Å². The van der Waals surface area contributed by atoms with Crippen LogP contribution in [0.2, 0.25) is 0 Å². The fraction of sp³-hybridized carbons (Fsp3) is 0.600. The molecule has 1 aromatic carbocycles. The van der Waals surface area contributed by atoms with Crippen LogP contribution in [-0.4, -0.2) is 5.25 Å². The lowest BCUT2D eigenvalue weighted by molar-refractivity contribution is 0.267. The Balaban J connectivity index is 2.42. The summed E-state index contributed by atoms with van der Waals surface area (Å²) in [4.78, 5) is 1.51. The minimum absolute atomic E-state index is 0.417. The quantitative estimate of drug-likeness (QED) is 0.702. The molecule has 1 heteroatoms. The van der Waals surface area contributed by atoms with Gasteiger partial charge in [0.05, 0.1) is 0 Å². The van der Waals surface area contributed by atoms with Crippen LogP contribution in [0, 0.1) is 5.41 Å². The van der Waals surface area contributed by atoms with Gasteiger partial charge in [-0.25, -0.2) is 0 Å². The molecular formula is C15H22S. The molecule has 88 valence electrons. The lowest BCUT2D eigenvalue weighted by Crippen LogP contribution is -2.26. The van der Waals surface area contributed by atoms with Crippen LogP contribution < -0.4 is 0 Å². The van der Waals surface area contributed by atoms with Crippen molar-refractivity contribution in [3.8, 4) is 0 Å². The van der Waals surface area contributed by atoms with E-state index in [0.29, 0.717) is 5.41 Å². The maximum atomic E-state index is 2.42. The minimum Gasteiger partial charge on any atom is -0.122 e. The van der Waals surface area contributed by atoms with Gasteiger partial charge in [0.15, 0.2) is 0 Å². The van der Waals surface area contributed by atoms with Crippen LogP contribution in [0.4, 0.5) is 0 Å². The van der Waals surface area contributed by atoms with E-state index in [1.54, 1.807) is 5.56 Å². The first kappa shape index (κ1) is 12.0. The molecule has 16 heavy (non-hydrogen) atoms. The van der Waals surface area contributed by atoms with Crippen LogP contribution >= 0.6 is 11.8 Å². The van der Waals surface area contributed by atoms with Crippen LogP contribution in [0.5, 0.6) is 0 Å². The summed E-state index contributed by atoms with van der Waals surface area (Å²) in [5.74, 6) is 0.726. The van der Waals surface area contributed by atoms with E-state index < -0.39 is 0 Å². The van der Waals surface area contributed by atoms with Gasteiger partial charge in [-0.2, -0.15) is 0 Å². The molecular weight excluding hydrogens is 212 g/mol. The second kappa shape index (κ2) is 4.44. The molecule has 1 aromatic rings. The lowest BCUT2D eigenvalue weighted by atomic mass is 9.71. The van der Waals surface area contributed by atoms with Gasteiger partial charge in [0.2, 0.25) is 0 Å². The van der Waals surface area contributed by atoms with E-state index in [9.17, 15) is 0 Å². The molecule has 0 fully saturated rings. The fourth-order valence-electron chi connectivity index (χ4n) is 2.74. The summed E-state index contributed by atoms with van der Waals surface area (Å²) >= 11 is 2.09. The molecule has 0 radical (unpaired) electrons. The SMILES string of the molecule is CCC1Sc2ccccc2C1C(C)(C)CC. The van der Waals surface area contributed by atoms with Crippen LogP contribution in [-0.2, 0) is 0 Å². The van der Waals surface area contributed by atoms with Crippen molar-refractivity contribution in [2.75, 3.05) is 0 Å². The standard InChI is InChI=1S/C15H22S/c1-5-12-14(15(3,4)6-2)11-9-7-8-10-13(11)16-12/h7-10,12,14H,5-6H2,1-4H3. The largest absolute Gasteiger partial charge is 0.122 e. The first-order chi connectivity index (χ1) is 7.60. The molecule has 1 aliphatic heterocycles. The van der Waals surface area contributed by atoms with Gasteiger partial charge in [0, 0.05) is 16.1 Å². The molecule has 2 unspecified atom stereocenters. The van der Waals surface area contributed by atoms with Crippen molar-refractivity contribution in [3.05, 3.63) is 29.8 Å². The summed E-state index contributed by atoms with van der Waals surface area (Å²) in [6, 6.07) is 8.98. The highest BCUT2D eigenvalue weighted by molar-refractivity contribution is 8.00. The lowest BCUT2D eigenvalue weighted by Gasteiger charge is -2.34. The third kappa shape index (κ3) is 1.90. The maximum absolute atomic E-state index is 2.42. The second-order valence-corrected chi connectivity index (χ2v) is 6.70. The van der Waals surface area contributed by atoms with Crippen molar-refractivity contribution in [2.45, 2.75) is 56.6 Å². The monoisotopic (exact) mass is 234 g/mol. The average Bonchev–Trinajstić information content (AvgIpc) is 2.67. The van der Waals surface area contributed by atoms with Crippen LogP contribution in [0.25, 0.3) is 0 Å². The van der Waals surface area contributed by atoms with Gasteiger partial charge in [0.25, 0.3) is 0 Å². The maximum Gasteiger partial charge on any atom is 0.0166 e. The summed E-state index contributed by atoms with van der Waals surface area (Å²) in [5, 5.41) is 0.771. The molecule has 1 heterocycles. The molecule has 2 atom stereocenters. The highest BCUT2D eigenvalue weighted by Gasteiger charge is 2.40. The van der Waals surface area contributed by atoms with Gasteiger partial charge in [-0.15, -0.1) is 11.8 Å². The molecule has 0 amide bonds. The van der Waals surface area contributed by atoms with E-state index in [2.05, 4.69) is 63.7 Å². The van der Waals surface area contributed by atoms with Gasteiger partial charge in [-0.05, 0) is 23.5 Å². The highest BCUT2D eigenvalue weighted by atomic mass is 32.2. The number of thioether (sulfide) groups is 1. The fourth-order valence-corrected chi connectivity index (χ4v) is 4.37. The third-order valence-electron chi connectivity index (χ3n) is 4.06. The van der Waals surface area contributed by atoms with Crippen molar-refractivity contribution < 1.29 is 0 Å². The van der Waals surface area contributed by atoms with Crippen molar-refractivity contribution in [1.29, 1.82) is 0 Å². The topological polar surface area (TPSA) is 0 Å². The Kier molecular flexibility index (Phi) is 3.34. The van der Waals surface area contributed by atoms with Crippen LogP contribution in [0.1, 0.15) is 52.0 Å². The Labute approximate surface area is 104 Å². The predicted molar refractivity (Wildman–Crippen MR) is 73.2 cm³/mol. The minimum atomic E-state index is 0.417. The highest BCUT2D eigenvalue weighted by Crippen LogP contribution is 2.54. The molecule has 0 aromatic heterocycles. The molecule has 0 saturated carbocycles.